The predicted octanol–water partition coefficient (Wildman–Crippen LogP) is 2.38. The second-order valence-electron chi connectivity index (χ2n) is 7.54. The van der Waals surface area contributed by atoms with E-state index in [1.807, 2.05) is 19.1 Å². The molecule has 2 fully saturated rings. The van der Waals surface area contributed by atoms with Crippen molar-refractivity contribution in [3.8, 4) is 0 Å². The molecule has 1 saturated carbocycles. The van der Waals surface area contributed by atoms with E-state index < -0.39 is 23.4 Å². The molecule has 8 heteroatoms. The number of nitrogens with zero attached hydrogens (tertiary/aromatic N) is 1. The van der Waals surface area contributed by atoms with Crippen LogP contribution in [0.1, 0.15) is 51.0 Å². The fourth-order valence-corrected chi connectivity index (χ4v) is 3.82. The number of amides is 4. The Kier molecular flexibility index (Phi) is 6.51. The third-order valence-electron chi connectivity index (χ3n) is 5.48. The van der Waals surface area contributed by atoms with Crippen LogP contribution in [0.3, 0.4) is 0 Å². The van der Waals surface area contributed by atoms with Crippen molar-refractivity contribution in [3.63, 3.8) is 0 Å². The van der Waals surface area contributed by atoms with E-state index in [0.717, 1.165) is 19.3 Å². The summed E-state index contributed by atoms with van der Waals surface area (Å²) in [6.45, 7) is 1.84. The van der Waals surface area contributed by atoms with E-state index in [9.17, 15) is 19.2 Å². The van der Waals surface area contributed by atoms with E-state index in [1.54, 1.807) is 12.1 Å². The lowest BCUT2D eigenvalue weighted by atomic mass is 9.98. The van der Waals surface area contributed by atoms with Gasteiger partial charge in [0.2, 0.25) is 0 Å². The monoisotopic (exact) mass is 401 g/mol. The van der Waals surface area contributed by atoms with Gasteiger partial charge in [0, 0.05) is 18.7 Å². The highest BCUT2D eigenvalue weighted by atomic mass is 16.5. The van der Waals surface area contributed by atoms with Crippen LogP contribution in [0, 0.1) is 0 Å². The topological polar surface area (TPSA) is 105 Å². The first-order chi connectivity index (χ1) is 13.9. The van der Waals surface area contributed by atoms with Gasteiger partial charge in [-0.05, 0) is 43.4 Å². The number of nitrogens with one attached hydrogen (secondary N) is 2. The highest BCUT2D eigenvalue weighted by Gasteiger charge is 2.52. The van der Waals surface area contributed by atoms with Gasteiger partial charge >= 0.3 is 12.0 Å². The largest absolute Gasteiger partial charge is 0.456 e. The molecule has 0 unspecified atom stereocenters. The minimum atomic E-state index is -0.731. The molecule has 1 aromatic rings. The quantitative estimate of drug-likeness (QED) is 0.514. The first kappa shape index (κ1) is 20.8. The molecule has 1 aliphatic heterocycles. The van der Waals surface area contributed by atoms with Crippen LogP contribution in [-0.4, -0.2) is 47.4 Å². The van der Waals surface area contributed by atoms with Crippen LogP contribution in [0.4, 0.5) is 10.5 Å². The molecule has 1 heterocycles. The van der Waals surface area contributed by atoms with Gasteiger partial charge in [0.15, 0.2) is 6.61 Å². The van der Waals surface area contributed by atoms with Crippen molar-refractivity contribution < 1.29 is 23.9 Å². The normalized spacial score (nSPS) is 17.5. The van der Waals surface area contributed by atoms with Crippen LogP contribution in [-0.2, 0) is 25.5 Å². The Balaban J connectivity index is 1.36. The lowest BCUT2D eigenvalue weighted by Crippen LogP contribution is -2.44. The van der Waals surface area contributed by atoms with Gasteiger partial charge in [-0.2, -0.15) is 0 Å². The summed E-state index contributed by atoms with van der Waals surface area (Å²) in [5.41, 5.74) is 1.08. The Morgan fingerprint density at radius 1 is 1.17 bits per heavy atom. The first-order valence-electron chi connectivity index (χ1n) is 10.1. The summed E-state index contributed by atoms with van der Waals surface area (Å²) in [6, 6.07) is 7.06. The number of aryl methyl sites for hydroxylation is 1. The van der Waals surface area contributed by atoms with Crippen molar-refractivity contribution in [3.05, 3.63) is 29.8 Å². The lowest BCUT2D eigenvalue weighted by molar-refractivity contribution is -0.147. The molecular formula is C21H27N3O5. The zero-order chi connectivity index (χ0) is 20.9. The van der Waals surface area contributed by atoms with Crippen molar-refractivity contribution in [2.75, 3.05) is 18.5 Å². The minimum absolute atomic E-state index is 0.0303. The Labute approximate surface area is 170 Å². The van der Waals surface area contributed by atoms with Gasteiger partial charge in [-0.3, -0.25) is 19.3 Å². The van der Waals surface area contributed by atoms with Crippen LogP contribution in [0.25, 0.3) is 0 Å². The molecule has 0 aromatic heterocycles. The van der Waals surface area contributed by atoms with Gasteiger partial charge < -0.3 is 15.4 Å². The van der Waals surface area contributed by atoms with Gasteiger partial charge in [-0.25, -0.2) is 4.79 Å². The van der Waals surface area contributed by atoms with Gasteiger partial charge in [0.25, 0.3) is 11.8 Å². The number of carbonyl (C=O) groups is 4. The summed E-state index contributed by atoms with van der Waals surface area (Å²) in [7, 11) is 0. The van der Waals surface area contributed by atoms with E-state index in [0.29, 0.717) is 24.9 Å². The molecule has 0 radical (unpaired) electrons. The van der Waals surface area contributed by atoms with Crippen LogP contribution >= 0.6 is 0 Å². The number of imide groups is 1. The van der Waals surface area contributed by atoms with Crippen LogP contribution in [0.5, 0.6) is 0 Å². The maximum absolute atomic E-state index is 12.5. The van der Waals surface area contributed by atoms with E-state index in [-0.39, 0.29) is 25.5 Å². The molecule has 1 aromatic carbocycles. The highest BCUT2D eigenvalue weighted by Crippen LogP contribution is 2.35. The van der Waals surface area contributed by atoms with E-state index in [2.05, 4.69) is 10.6 Å². The summed E-state index contributed by atoms with van der Waals surface area (Å²) >= 11 is 0. The average molecular weight is 401 g/mol. The maximum atomic E-state index is 12.5. The Morgan fingerprint density at radius 3 is 2.52 bits per heavy atom. The Hall–Kier alpha value is -2.90. The summed E-state index contributed by atoms with van der Waals surface area (Å²) in [4.78, 5) is 49.5. The molecule has 2 aliphatic rings. The maximum Gasteiger partial charge on any atom is 0.325 e. The zero-order valence-electron chi connectivity index (χ0n) is 16.7. The van der Waals surface area contributed by atoms with Crippen molar-refractivity contribution in [2.45, 2.75) is 57.4 Å². The number of urea groups is 1. The SMILES string of the molecule is CCc1ccc(NC(=O)COC(=O)CCCN2C(=O)NC3(CCCC3)C2=O)cc1. The molecule has 0 atom stereocenters. The zero-order valence-corrected chi connectivity index (χ0v) is 16.7. The first-order valence-corrected chi connectivity index (χ1v) is 10.1. The van der Waals surface area contributed by atoms with Gasteiger partial charge in [0.1, 0.15) is 5.54 Å². The van der Waals surface area contributed by atoms with Crippen molar-refractivity contribution in [1.82, 2.24) is 10.2 Å². The number of carbonyl (C=O) groups excluding carboxylic acids is 4. The second kappa shape index (κ2) is 9.07. The number of hydrogen-bond acceptors (Lipinski definition) is 5. The standard InChI is InChI=1S/C21H27N3O5/c1-2-15-7-9-16(10-8-15)22-17(25)14-29-18(26)6-5-13-24-19(27)21(23-20(24)28)11-3-4-12-21/h7-10H,2-6,11-14H2,1H3,(H,22,25)(H,23,28). The summed E-state index contributed by atoms with van der Waals surface area (Å²) in [6.07, 6.45) is 4.45. The van der Waals surface area contributed by atoms with Crippen molar-refractivity contribution in [2.24, 2.45) is 0 Å². The molecule has 1 aliphatic carbocycles. The molecule has 4 amide bonds. The lowest BCUT2D eigenvalue weighted by Gasteiger charge is -2.19. The van der Waals surface area contributed by atoms with Crippen LogP contribution < -0.4 is 10.6 Å². The van der Waals surface area contributed by atoms with Gasteiger partial charge in [-0.15, -0.1) is 0 Å². The van der Waals surface area contributed by atoms with Crippen LogP contribution in [0.2, 0.25) is 0 Å². The summed E-state index contributed by atoms with van der Waals surface area (Å²) in [5.74, 6) is -1.15. The molecule has 1 spiro atoms. The summed E-state index contributed by atoms with van der Waals surface area (Å²) in [5, 5.41) is 5.47. The Bertz CT molecular complexity index is 784. The van der Waals surface area contributed by atoms with E-state index in [4.69, 9.17) is 4.74 Å². The Morgan fingerprint density at radius 2 is 1.86 bits per heavy atom. The van der Waals surface area contributed by atoms with E-state index in [1.165, 1.54) is 10.5 Å². The van der Waals surface area contributed by atoms with Crippen LogP contribution in [0.15, 0.2) is 24.3 Å². The number of rotatable bonds is 8. The predicted molar refractivity (Wildman–Crippen MR) is 106 cm³/mol. The third-order valence-corrected chi connectivity index (χ3v) is 5.48. The molecule has 156 valence electrons. The number of ether oxygens (including phenoxy) is 1. The third kappa shape index (κ3) is 4.93. The number of anilines is 1. The number of benzene rings is 1. The van der Waals surface area contributed by atoms with E-state index >= 15 is 0 Å². The molecule has 29 heavy (non-hydrogen) atoms. The van der Waals surface area contributed by atoms with Crippen molar-refractivity contribution >= 4 is 29.5 Å². The number of hydrogen-bond donors (Lipinski definition) is 2. The van der Waals surface area contributed by atoms with Gasteiger partial charge in [0.05, 0.1) is 0 Å². The smallest absolute Gasteiger partial charge is 0.325 e. The molecule has 8 nitrogen and oxygen atoms in total. The highest BCUT2D eigenvalue weighted by molar-refractivity contribution is 6.07. The fraction of sp³-hybridized carbons (Fsp3) is 0.524. The average Bonchev–Trinajstić information content (AvgIpc) is 3.27. The van der Waals surface area contributed by atoms with Gasteiger partial charge in [-0.1, -0.05) is 31.9 Å². The second-order valence-corrected chi connectivity index (χ2v) is 7.54. The minimum Gasteiger partial charge on any atom is -0.456 e. The summed E-state index contributed by atoms with van der Waals surface area (Å²) < 4.78 is 4.98. The molecule has 2 N–H and O–H groups in total. The molecule has 0 bridgehead atoms. The molecule has 3 rings (SSSR count). The number of esters is 1. The molecule has 1 saturated heterocycles. The van der Waals surface area contributed by atoms with Crippen molar-refractivity contribution in [1.29, 1.82) is 0 Å². The fourth-order valence-electron chi connectivity index (χ4n) is 3.82. The molecular weight excluding hydrogens is 374 g/mol.